The Balaban J connectivity index is 1.86. The molecule has 1 N–H and O–H groups in total. The number of hydrogen-bond acceptors (Lipinski definition) is 5. The standard InChI is InChI=1S/C24H19FN2O4/c1-31-17-8-6-16(7-9-17)22(28)20-21(18-4-2-3-5-19(18)25)27(24(30)23(20)29)14-15-10-12-26-13-11-15/h2-13,21,28H,14H2,1H3/t21-/m1/s1. The number of likely N-dealkylation sites (tertiary alicyclic amines) is 1. The van der Waals surface area contributed by atoms with Crippen LogP contribution in [0, 0.1) is 5.82 Å². The van der Waals surface area contributed by atoms with Gasteiger partial charge >= 0.3 is 0 Å². The van der Waals surface area contributed by atoms with Gasteiger partial charge in [0, 0.05) is 30.1 Å². The summed E-state index contributed by atoms with van der Waals surface area (Å²) in [6, 6.07) is 14.7. The summed E-state index contributed by atoms with van der Waals surface area (Å²) in [5.74, 6) is -2.04. The van der Waals surface area contributed by atoms with Crippen molar-refractivity contribution >= 4 is 17.4 Å². The first kappa shape index (κ1) is 20.3. The van der Waals surface area contributed by atoms with Gasteiger partial charge in [-0.05, 0) is 48.0 Å². The number of rotatable bonds is 5. The lowest BCUT2D eigenvalue weighted by Crippen LogP contribution is -2.29. The summed E-state index contributed by atoms with van der Waals surface area (Å²) < 4.78 is 19.9. The fourth-order valence-corrected chi connectivity index (χ4v) is 3.65. The van der Waals surface area contributed by atoms with E-state index in [1.807, 2.05) is 0 Å². The van der Waals surface area contributed by atoms with Crippen LogP contribution in [0.5, 0.6) is 5.75 Å². The van der Waals surface area contributed by atoms with Gasteiger partial charge in [0.25, 0.3) is 11.7 Å². The fraction of sp³-hybridized carbons (Fsp3) is 0.125. The van der Waals surface area contributed by atoms with Crippen LogP contribution in [0.1, 0.15) is 22.7 Å². The lowest BCUT2D eigenvalue weighted by molar-refractivity contribution is -0.140. The number of ether oxygens (including phenoxy) is 1. The molecule has 1 atom stereocenters. The number of methoxy groups -OCH3 is 1. The van der Waals surface area contributed by atoms with Gasteiger partial charge in [0.05, 0.1) is 18.7 Å². The molecule has 0 radical (unpaired) electrons. The van der Waals surface area contributed by atoms with E-state index in [1.54, 1.807) is 54.9 Å². The number of carbonyl (C=O) groups is 2. The number of ketones is 1. The van der Waals surface area contributed by atoms with Gasteiger partial charge < -0.3 is 14.7 Å². The highest BCUT2D eigenvalue weighted by Gasteiger charge is 2.46. The number of pyridine rings is 1. The second kappa shape index (κ2) is 8.39. The maximum absolute atomic E-state index is 14.8. The van der Waals surface area contributed by atoms with E-state index in [1.165, 1.54) is 30.2 Å². The molecule has 6 nitrogen and oxygen atoms in total. The third-order valence-electron chi connectivity index (χ3n) is 5.21. The van der Waals surface area contributed by atoms with Crippen molar-refractivity contribution in [2.45, 2.75) is 12.6 Å². The minimum Gasteiger partial charge on any atom is -0.507 e. The van der Waals surface area contributed by atoms with Gasteiger partial charge in [-0.3, -0.25) is 14.6 Å². The van der Waals surface area contributed by atoms with E-state index >= 15 is 0 Å². The zero-order chi connectivity index (χ0) is 22.0. The van der Waals surface area contributed by atoms with E-state index in [9.17, 15) is 19.1 Å². The number of hydrogen-bond donors (Lipinski definition) is 1. The maximum Gasteiger partial charge on any atom is 0.295 e. The van der Waals surface area contributed by atoms with Gasteiger partial charge in [0.1, 0.15) is 17.3 Å². The van der Waals surface area contributed by atoms with Gasteiger partial charge in [-0.25, -0.2) is 4.39 Å². The molecule has 1 aromatic heterocycles. The SMILES string of the molecule is COc1ccc(C(O)=C2C(=O)C(=O)N(Cc3ccncc3)[C@@H]2c2ccccc2F)cc1. The number of aromatic nitrogens is 1. The quantitative estimate of drug-likeness (QED) is 0.387. The molecular formula is C24H19FN2O4. The molecule has 0 saturated carbocycles. The monoisotopic (exact) mass is 418 g/mol. The predicted octanol–water partition coefficient (Wildman–Crippen LogP) is 3.85. The summed E-state index contributed by atoms with van der Waals surface area (Å²) in [7, 11) is 1.51. The van der Waals surface area contributed by atoms with Crippen LogP contribution < -0.4 is 4.74 Å². The molecule has 156 valence electrons. The van der Waals surface area contributed by atoms with Crippen LogP contribution in [-0.2, 0) is 16.1 Å². The molecular weight excluding hydrogens is 399 g/mol. The molecule has 1 aliphatic heterocycles. The number of Topliss-reactive ketones (excluding diaryl/α,β-unsaturated/α-hetero) is 1. The van der Waals surface area contributed by atoms with Crippen LogP contribution in [0.15, 0.2) is 78.6 Å². The van der Waals surface area contributed by atoms with Crippen molar-refractivity contribution in [3.63, 3.8) is 0 Å². The molecule has 4 rings (SSSR count). The topological polar surface area (TPSA) is 79.7 Å². The molecule has 1 saturated heterocycles. The molecule has 0 aliphatic carbocycles. The van der Waals surface area contributed by atoms with Crippen LogP contribution >= 0.6 is 0 Å². The van der Waals surface area contributed by atoms with E-state index in [0.717, 1.165) is 5.56 Å². The number of nitrogens with zero attached hydrogens (tertiary/aromatic N) is 2. The smallest absolute Gasteiger partial charge is 0.295 e. The Hall–Kier alpha value is -4.00. The average Bonchev–Trinajstić information content (AvgIpc) is 3.04. The summed E-state index contributed by atoms with van der Waals surface area (Å²) in [5.41, 5.74) is 1.02. The molecule has 2 heterocycles. The first-order valence-electron chi connectivity index (χ1n) is 9.57. The van der Waals surface area contributed by atoms with Crippen LogP contribution in [-0.4, -0.2) is 33.8 Å². The summed E-state index contributed by atoms with van der Waals surface area (Å²) in [5, 5.41) is 11.0. The van der Waals surface area contributed by atoms with Gasteiger partial charge in [0.15, 0.2) is 0 Å². The minimum absolute atomic E-state index is 0.0610. The van der Waals surface area contributed by atoms with Crippen LogP contribution in [0.25, 0.3) is 5.76 Å². The zero-order valence-corrected chi connectivity index (χ0v) is 16.7. The van der Waals surface area contributed by atoms with Gasteiger partial charge in [-0.15, -0.1) is 0 Å². The van der Waals surface area contributed by atoms with E-state index in [-0.39, 0.29) is 23.4 Å². The normalized spacial score (nSPS) is 17.7. The van der Waals surface area contributed by atoms with E-state index < -0.39 is 23.5 Å². The number of carbonyl (C=O) groups excluding carboxylic acids is 2. The highest BCUT2D eigenvalue weighted by atomic mass is 19.1. The summed E-state index contributed by atoms with van der Waals surface area (Å²) in [6.45, 7) is 0.0610. The van der Waals surface area contributed by atoms with Crippen molar-refractivity contribution in [2.75, 3.05) is 7.11 Å². The lowest BCUT2D eigenvalue weighted by Gasteiger charge is -2.25. The molecule has 31 heavy (non-hydrogen) atoms. The Labute approximate surface area is 178 Å². The number of amides is 1. The highest BCUT2D eigenvalue weighted by Crippen LogP contribution is 2.41. The molecule has 0 bridgehead atoms. The summed E-state index contributed by atoms with van der Waals surface area (Å²) >= 11 is 0. The lowest BCUT2D eigenvalue weighted by atomic mass is 9.94. The van der Waals surface area contributed by atoms with E-state index in [2.05, 4.69) is 4.98 Å². The first-order valence-corrected chi connectivity index (χ1v) is 9.57. The summed E-state index contributed by atoms with van der Waals surface area (Å²) in [4.78, 5) is 31.1. The van der Waals surface area contributed by atoms with Gasteiger partial charge in [-0.1, -0.05) is 18.2 Å². The molecule has 1 amide bonds. The Bertz CT molecular complexity index is 1160. The van der Waals surface area contributed by atoms with E-state index in [0.29, 0.717) is 11.3 Å². The van der Waals surface area contributed by atoms with Crippen molar-refractivity contribution in [3.8, 4) is 5.75 Å². The van der Waals surface area contributed by atoms with Crippen molar-refractivity contribution in [3.05, 3.63) is 101 Å². The predicted molar refractivity (Wildman–Crippen MR) is 111 cm³/mol. The Morgan fingerprint density at radius 3 is 2.39 bits per heavy atom. The Kier molecular flexibility index (Phi) is 5.49. The van der Waals surface area contributed by atoms with Gasteiger partial charge in [0.2, 0.25) is 0 Å². The average molecular weight is 418 g/mol. The third-order valence-corrected chi connectivity index (χ3v) is 5.21. The molecule has 1 fully saturated rings. The molecule has 3 aromatic rings. The van der Waals surface area contributed by atoms with Crippen LogP contribution in [0.2, 0.25) is 0 Å². The third kappa shape index (κ3) is 3.77. The number of halogens is 1. The van der Waals surface area contributed by atoms with E-state index in [4.69, 9.17) is 4.74 Å². The van der Waals surface area contributed by atoms with Gasteiger partial charge in [-0.2, -0.15) is 0 Å². The van der Waals surface area contributed by atoms with Crippen molar-refractivity contribution < 1.29 is 23.8 Å². The zero-order valence-electron chi connectivity index (χ0n) is 16.7. The number of aliphatic hydroxyl groups is 1. The maximum atomic E-state index is 14.8. The second-order valence-corrected chi connectivity index (χ2v) is 7.03. The van der Waals surface area contributed by atoms with Crippen molar-refractivity contribution in [2.24, 2.45) is 0 Å². The Morgan fingerprint density at radius 2 is 1.74 bits per heavy atom. The largest absolute Gasteiger partial charge is 0.507 e. The number of benzene rings is 2. The minimum atomic E-state index is -1.07. The molecule has 0 spiro atoms. The first-order chi connectivity index (χ1) is 15.0. The molecule has 7 heteroatoms. The fourth-order valence-electron chi connectivity index (χ4n) is 3.65. The second-order valence-electron chi connectivity index (χ2n) is 7.03. The van der Waals surface area contributed by atoms with Crippen LogP contribution in [0.3, 0.4) is 0 Å². The summed E-state index contributed by atoms with van der Waals surface area (Å²) in [6.07, 6.45) is 3.14. The Morgan fingerprint density at radius 1 is 1.06 bits per heavy atom. The number of aliphatic hydroxyl groups excluding tert-OH is 1. The van der Waals surface area contributed by atoms with Crippen LogP contribution in [0.4, 0.5) is 4.39 Å². The highest BCUT2D eigenvalue weighted by molar-refractivity contribution is 6.46. The van der Waals surface area contributed by atoms with Crippen molar-refractivity contribution in [1.29, 1.82) is 0 Å². The molecule has 1 aliphatic rings. The molecule has 2 aromatic carbocycles. The van der Waals surface area contributed by atoms with Crippen molar-refractivity contribution in [1.82, 2.24) is 9.88 Å². The molecule has 0 unspecified atom stereocenters.